The fraction of sp³-hybridized carbons (Fsp3) is 0.500. The molecule has 1 saturated carbocycles. The summed E-state index contributed by atoms with van der Waals surface area (Å²) in [5.74, 6) is -1.64. The van der Waals surface area contributed by atoms with Crippen LogP contribution in [0, 0.1) is 5.92 Å². The molecule has 78 valence electrons. The van der Waals surface area contributed by atoms with Crippen molar-refractivity contribution in [2.75, 3.05) is 7.11 Å². The van der Waals surface area contributed by atoms with Gasteiger partial charge in [-0.15, -0.1) is 13.2 Å². The van der Waals surface area contributed by atoms with Gasteiger partial charge in [-0.25, -0.2) is 0 Å². The molecule has 0 aromatic carbocycles. The molecule has 0 aromatic heterocycles. The summed E-state index contributed by atoms with van der Waals surface area (Å²) < 4.78 is 4.40. The van der Waals surface area contributed by atoms with Crippen LogP contribution < -0.4 is 0 Å². The van der Waals surface area contributed by atoms with Gasteiger partial charge in [0.15, 0.2) is 0 Å². The first kappa shape index (κ1) is 12.6. The standard InChI is InChI=1S/C8H10O4.C2H4/c1-12-8(11)6-4-5(9)2-3-7(6)10;1-2/h6H,2-4H2,1H3;1-2H2. The Bertz CT molecular complexity index is 237. The van der Waals surface area contributed by atoms with E-state index in [1.54, 1.807) is 0 Å². The SMILES string of the molecule is C=C.COC(=O)C1CC(=O)CCC1=O. The third-order valence-corrected chi connectivity index (χ3v) is 1.96. The lowest BCUT2D eigenvalue weighted by atomic mass is 9.87. The van der Waals surface area contributed by atoms with Crippen LogP contribution in [-0.2, 0) is 19.1 Å². The third kappa shape index (κ3) is 3.12. The maximum atomic E-state index is 11.1. The Morgan fingerprint density at radius 1 is 1.36 bits per heavy atom. The molecule has 0 bridgehead atoms. The van der Waals surface area contributed by atoms with Gasteiger partial charge in [-0.3, -0.25) is 14.4 Å². The Balaban J connectivity index is 0.000000791. The smallest absolute Gasteiger partial charge is 0.316 e. The van der Waals surface area contributed by atoms with Gasteiger partial charge in [0, 0.05) is 19.3 Å². The van der Waals surface area contributed by atoms with Gasteiger partial charge >= 0.3 is 5.97 Å². The molecule has 1 unspecified atom stereocenters. The van der Waals surface area contributed by atoms with Gasteiger partial charge in [-0.2, -0.15) is 0 Å². The minimum Gasteiger partial charge on any atom is -0.468 e. The summed E-state index contributed by atoms with van der Waals surface area (Å²) in [6, 6.07) is 0. The molecule has 0 aliphatic heterocycles. The summed E-state index contributed by atoms with van der Waals surface area (Å²) >= 11 is 0. The zero-order valence-corrected chi connectivity index (χ0v) is 8.25. The Morgan fingerprint density at radius 3 is 2.43 bits per heavy atom. The molecule has 1 aliphatic rings. The molecule has 0 amide bonds. The van der Waals surface area contributed by atoms with Crippen LogP contribution in [0.3, 0.4) is 0 Å². The van der Waals surface area contributed by atoms with E-state index in [1.807, 2.05) is 0 Å². The van der Waals surface area contributed by atoms with Crippen molar-refractivity contribution >= 4 is 17.5 Å². The highest BCUT2D eigenvalue weighted by Crippen LogP contribution is 2.18. The highest BCUT2D eigenvalue weighted by atomic mass is 16.5. The van der Waals surface area contributed by atoms with Crippen molar-refractivity contribution in [2.24, 2.45) is 5.92 Å². The molecular weight excluding hydrogens is 184 g/mol. The molecule has 1 rings (SSSR count). The molecular formula is C10H14O4. The number of ether oxygens (including phenoxy) is 1. The van der Waals surface area contributed by atoms with Gasteiger partial charge in [0.2, 0.25) is 0 Å². The Kier molecular flexibility index (Phi) is 5.44. The number of rotatable bonds is 1. The highest BCUT2D eigenvalue weighted by molar-refractivity contribution is 6.06. The summed E-state index contributed by atoms with van der Waals surface area (Å²) in [6.07, 6.45) is 0.469. The molecule has 4 nitrogen and oxygen atoms in total. The van der Waals surface area contributed by atoms with E-state index in [2.05, 4.69) is 17.9 Å². The zero-order valence-electron chi connectivity index (χ0n) is 8.25. The van der Waals surface area contributed by atoms with Crippen molar-refractivity contribution in [3.05, 3.63) is 13.2 Å². The Labute approximate surface area is 82.9 Å². The van der Waals surface area contributed by atoms with Crippen LogP contribution >= 0.6 is 0 Å². The van der Waals surface area contributed by atoms with Gasteiger partial charge in [-0.05, 0) is 0 Å². The third-order valence-electron chi connectivity index (χ3n) is 1.96. The largest absolute Gasteiger partial charge is 0.468 e. The van der Waals surface area contributed by atoms with Crippen LogP contribution in [0.4, 0.5) is 0 Å². The number of carbonyl (C=O) groups is 3. The van der Waals surface area contributed by atoms with Crippen LogP contribution in [0.2, 0.25) is 0 Å². The number of ketones is 2. The monoisotopic (exact) mass is 198 g/mol. The molecule has 14 heavy (non-hydrogen) atoms. The molecule has 1 aliphatic carbocycles. The molecule has 0 N–H and O–H groups in total. The molecule has 4 heteroatoms. The summed E-state index contributed by atoms with van der Waals surface area (Å²) in [4.78, 5) is 32.9. The fourth-order valence-electron chi connectivity index (χ4n) is 1.24. The van der Waals surface area contributed by atoms with Crippen molar-refractivity contribution in [2.45, 2.75) is 19.3 Å². The van der Waals surface area contributed by atoms with Crippen LogP contribution in [0.15, 0.2) is 13.2 Å². The number of methoxy groups -OCH3 is 1. The lowest BCUT2D eigenvalue weighted by Gasteiger charge is -2.16. The van der Waals surface area contributed by atoms with Crippen molar-refractivity contribution in [3.8, 4) is 0 Å². The second-order valence-electron chi connectivity index (χ2n) is 2.78. The maximum Gasteiger partial charge on any atom is 0.316 e. The van der Waals surface area contributed by atoms with Gasteiger partial charge in [0.1, 0.15) is 17.5 Å². The molecule has 0 heterocycles. The maximum absolute atomic E-state index is 11.1. The Hall–Kier alpha value is -1.45. The van der Waals surface area contributed by atoms with Gasteiger partial charge in [0.05, 0.1) is 7.11 Å². The fourth-order valence-corrected chi connectivity index (χ4v) is 1.24. The van der Waals surface area contributed by atoms with E-state index in [9.17, 15) is 14.4 Å². The summed E-state index contributed by atoms with van der Waals surface area (Å²) in [7, 11) is 1.22. The van der Waals surface area contributed by atoms with Crippen LogP contribution in [0.25, 0.3) is 0 Å². The highest BCUT2D eigenvalue weighted by Gasteiger charge is 2.33. The first-order valence-electron chi connectivity index (χ1n) is 4.27. The summed E-state index contributed by atoms with van der Waals surface area (Å²) in [5, 5.41) is 0. The van der Waals surface area contributed by atoms with E-state index in [1.165, 1.54) is 7.11 Å². The molecule has 0 aromatic rings. The normalized spacial score (nSPS) is 20.8. The zero-order chi connectivity index (χ0) is 11.1. The van der Waals surface area contributed by atoms with E-state index < -0.39 is 11.9 Å². The molecule has 1 fully saturated rings. The van der Waals surface area contributed by atoms with Crippen molar-refractivity contribution in [3.63, 3.8) is 0 Å². The predicted octanol–water partition coefficient (Wildman–Crippen LogP) is 0.900. The second-order valence-corrected chi connectivity index (χ2v) is 2.78. The van der Waals surface area contributed by atoms with Crippen molar-refractivity contribution in [1.82, 2.24) is 0 Å². The molecule has 0 saturated heterocycles. The number of hydrogen-bond donors (Lipinski definition) is 0. The van der Waals surface area contributed by atoms with E-state index in [4.69, 9.17) is 0 Å². The lowest BCUT2D eigenvalue weighted by molar-refractivity contribution is -0.153. The summed E-state index contributed by atoms with van der Waals surface area (Å²) in [5.41, 5.74) is 0. The second kappa shape index (κ2) is 6.07. The predicted molar refractivity (Wildman–Crippen MR) is 50.6 cm³/mol. The number of hydrogen-bond acceptors (Lipinski definition) is 4. The van der Waals surface area contributed by atoms with Crippen molar-refractivity contribution in [1.29, 1.82) is 0 Å². The van der Waals surface area contributed by atoms with Crippen LogP contribution in [-0.4, -0.2) is 24.6 Å². The lowest BCUT2D eigenvalue weighted by Crippen LogP contribution is -2.32. The summed E-state index contributed by atoms with van der Waals surface area (Å²) in [6.45, 7) is 6.00. The first-order chi connectivity index (χ1) is 6.65. The topological polar surface area (TPSA) is 60.4 Å². The minimum absolute atomic E-state index is 0.0194. The van der Waals surface area contributed by atoms with Crippen LogP contribution in [0.5, 0.6) is 0 Å². The minimum atomic E-state index is -0.837. The van der Waals surface area contributed by atoms with E-state index >= 15 is 0 Å². The number of Topliss-reactive ketones (excluding diaryl/α,β-unsaturated/α-hetero) is 2. The van der Waals surface area contributed by atoms with E-state index in [0.29, 0.717) is 0 Å². The van der Waals surface area contributed by atoms with Crippen LogP contribution in [0.1, 0.15) is 19.3 Å². The van der Waals surface area contributed by atoms with E-state index in [-0.39, 0.29) is 30.8 Å². The van der Waals surface area contributed by atoms with E-state index in [0.717, 1.165) is 0 Å². The van der Waals surface area contributed by atoms with Gasteiger partial charge in [-0.1, -0.05) is 0 Å². The van der Waals surface area contributed by atoms with Gasteiger partial charge < -0.3 is 4.74 Å². The van der Waals surface area contributed by atoms with Gasteiger partial charge in [0.25, 0.3) is 0 Å². The first-order valence-corrected chi connectivity index (χ1v) is 4.27. The molecule has 0 radical (unpaired) electrons. The Morgan fingerprint density at radius 2 is 1.93 bits per heavy atom. The quantitative estimate of drug-likeness (QED) is 0.357. The number of esters is 1. The average molecular weight is 198 g/mol. The average Bonchev–Trinajstić information content (AvgIpc) is 2.23. The molecule has 0 spiro atoms. The number of carbonyl (C=O) groups excluding carboxylic acids is 3. The van der Waals surface area contributed by atoms with Crippen molar-refractivity contribution < 1.29 is 19.1 Å². The molecule has 1 atom stereocenters.